The summed E-state index contributed by atoms with van der Waals surface area (Å²) >= 11 is 0. The predicted molar refractivity (Wildman–Crippen MR) is 110 cm³/mol. The quantitative estimate of drug-likeness (QED) is 0.333. The normalized spacial score (nSPS) is 12.4. The van der Waals surface area contributed by atoms with Crippen molar-refractivity contribution in [2.24, 2.45) is 0 Å². The molecule has 1 atom stereocenters. The third-order valence-corrected chi connectivity index (χ3v) is 4.97. The van der Waals surface area contributed by atoms with Crippen molar-refractivity contribution in [3.8, 4) is 0 Å². The van der Waals surface area contributed by atoms with Crippen molar-refractivity contribution in [3.05, 3.63) is 35.9 Å². The van der Waals surface area contributed by atoms with Crippen molar-refractivity contribution >= 4 is 0 Å². The van der Waals surface area contributed by atoms with Gasteiger partial charge in [-0.25, -0.2) is 0 Å². The highest BCUT2D eigenvalue weighted by molar-refractivity contribution is 5.19. The smallest absolute Gasteiger partial charge is 0.0590 e. The minimum atomic E-state index is 0.610. The largest absolute Gasteiger partial charge is 0.380 e. The highest BCUT2D eigenvalue weighted by Crippen LogP contribution is 2.17. The summed E-state index contributed by atoms with van der Waals surface area (Å²) in [6.07, 6.45) is 13.5. The van der Waals surface area contributed by atoms with Crippen LogP contribution >= 0.6 is 0 Å². The van der Waals surface area contributed by atoms with Crippen molar-refractivity contribution in [1.82, 2.24) is 5.32 Å². The minimum Gasteiger partial charge on any atom is -0.380 e. The van der Waals surface area contributed by atoms with E-state index < -0.39 is 0 Å². The van der Waals surface area contributed by atoms with E-state index in [2.05, 4.69) is 49.5 Å². The molecule has 1 rings (SSSR count). The summed E-state index contributed by atoms with van der Waals surface area (Å²) in [5, 5.41) is 3.55. The Kier molecular flexibility index (Phi) is 14.7. The minimum absolute atomic E-state index is 0.610. The molecule has 144 valence electrons. The van der Waals surface area contributed by atoms with E-state index in [1.165, 1.54) is 69.8 Å². The van der Waals surface area contributed by atoms with Crippen molar-refractivity contribution in [1.29, 1.82) is 0 Å². The Morgan fingerprint density at radius 3 is 2.08 bits per heavy atom. The Bertz CT molecular complexity index is 379. The average molecular weight is 348 g/mol. The molecule has 1 N–H and O–H groups in total. The molecular formula is C23H41NO. The van der Waals surface area contributed by atoms with Crippen LogP contribution in [0.5, 0.6) is 0 Å². The maximum atomic E-state index is 5.75. The predicted octanol–water partition coefficient (Wildman–Crippen LogP) is 6.32. The maximum absolute atomic E-state index is 5.75. The lowest BCUT2D eigenvalue weighted by molar-refractivity contribution is 0.131. The van der Waals surface area contributed by atoms with E-state index in [4.69, 9.17) is 4.74 Å². The first-order valence-electron chi connectivity index (χ1n) is 10.7. The number of hydrogen-bond acceptors (Lipinski definition) is 2. The molecule has 2 nitrogen and oxygen atoms in total. The Hall–Kier alpha value is -0.860. The molecule has 0 aliphatic carbocycles. The second kappa shape index (κ2) is 16.6. The zero-order chi connectivity index (χ0) is 18.0. The number of nitrogens with one attached hydrogen (secondary N) is 1. The number of hydrogen-bond donors (Lipinski definition) is 1. The summed E-state index contributed by atoms with van der Waals surface area (Å²) < 4.78 is 5.75. The molecule has 1 aromatic carbocycles. The zero-order valence-electron chi connectivity index (χ0n) is 16.8. The van der Waals surface area contributed by atoms with Crippen molar-refractivity contribution < 1.29 is 4.74 Å². The highest BCUT2D eigenvalue weighted by atomic mass is 16.5. The fourth-order valence-corrected chi connectivity index (χ4v) is 3.26. The Morgan fingerprint density at radius 2 is 1.44 bits per heavy atom. The SMILES string of the molecule is CCCCCCCCCCCOCCNCC(CC)c1ccccc1. The third kappa shape index (κ3) is 12.2. The van der Waals surface area contributed by atoms with E-state index in [1.807, 2.05) is 0 Å². The van der Waals surface area contributed by atoms with E-state index >= 15 is 0 Å². The zero-order valence-corrected chi connectivity index (χ0v) is 16.8. The van der Waals surface area contributed by atoms with Gasteiger partial charge in [-0.1, -0.05) is 95.5 Å². The molecule has 0 saturated heterocycles. The van der Waals surface area contributed by atoms with Gasteiger partial charge in [-0.15, -0.1) is 0 Å². The second-order valence-electron chi connectivity index (χ2n) is 7.16. The third-order valence-electron chi connectivity index (χ3n) is 4.97. The molecule has 25 heavy (non-hydrogen) atoms. The highest BCUT2D eigenvalue weighted by Gasteiger charge is 2.07. The number of benzene rings is 1. The molecule has 0 amide bonds. The van der Waals surface area contributed by atoms with E-state index in [1.54, 1.807) is 0 Å². The summed E-state index contributed by atoms with van der Waals surface area (Å²) in [6, 6.07) is 10.8. The standard InChI is InChI=1S/C23H41NO/c1-3-5-6-7-8-9-10-11-15-19-25-20-18-24-21-22(4-2)23-16-13-12-14-17-23/h12-14,16-17,22,24H,3-11,15,18-21H2,1-2H3. The van der Waals surface area contributed by atoms with Crippen LogP contribution < -0.4 is 5.32 Å². The van der Waals surface area contributed by atoms with Crippen molar-refractivity contribution in [2.45, 2.75) is 84.0 Å². The molecule has 0 heterocycles. The molecule has 1 aromatic rings. The second-order valence-corrected chi connectivity index (χ2v) is 7.16. The van der Waals surface area contributed by atoms with Gasteiger partial charge in [0, 0.05) is 19.7 Å². The van der Waals surface area contributed by atoms with Crippen LogP contribution in [0, 0.1) is 0 Å². The lowest BCUT2D eigenvalue weighted by Gasteiger charge is -2.16. The average Bonchev–Trinajstić information content (AvgIpc) is 2.66. The van der Waals surface area contributed by atoms with Crippen molar-refractivity contribution in [2.75, 3.05) is 26.3 Å². The van der Waals surface area contributed by atoms with Gasteiger partial charge in [0.1, 0.15) is 0 Å². The Morgan fingerprint density at radius 1 is 0.800 bits per heavy atom. The monoisotopic (exact) mass is 347 g/mol. The fourth-order valence-electron chi connectivity index (χ4n) is 3.26. The first kappa shape index (κ1) is 22.2. The molecular weight excluding hydrogens is 306 g/mol. The Balaban J connectivity index is 1.85. The van der Waals surface area contributed by atoms with Gasteiger partial charge in [0.05, 0.1) is 6.61 Å². The van der Waals surface area contributed by atoms with Crippen LogP contribution in [0.3, 0.4) is 0 Å². The van der Waals surface area contributed by atoms with E-state index in [0.29, 0.717) is 5.92 Å². The number of unbranched alkanes of at least 4 members (excludes halogenated alkanes) is 8. The van der Waals surface area contributed by atoms with Gasteiger partial charge in [-0.05, 0) is 24.3 Å². The van der Waals surface area contributed by atoms with Gasteiger partial charge < -0.3 is 10.1 Å². The lowest BCUT2D eigenvalue weighted by Crippen LogP contribution is -2.25. The van der Waals surface area contributed by atoms with Gasteiger partial charge in [-0.3, -0.25) is 0 Å². The summed E-state index contributed by atoms with van der Waals surface area (Å²) in [5.74, 6) is 0.610. The number of ether oxygens (including phenoxy) is 1. The van der Waals surface area contributed by atoms with Crippen LogP contribution in [0.25, 0.3) is 0 Å². The van der Waals surface area contributed by atoms with Gasteiger partial charge in [-0.2, -0.15) is 0 Å². The molecule has 0 fully saturated rings. The summed E-state index contributed by atoms with van der Waals surface area (Å²) in [6.45, 7) is 8.30. The summed E-state index contributed by atoms with van der Waals surface area (Å²) in [5.41, 5.74) is 1.44. The van der Waals surface area contributed by atoms with Crippen LogP contribution in [0.2, 0.25) is 0 Å². The number of rotatable bonds is 17. The molecule has 0 bridgehead atoms. The molecule has 0 aliphatic rings. The van der Waals surface area contributed by atoms with Gasteiger partial charge in [0.25, 0.3) is 0 Å². The Labute approximate surface area is 156 Å². The molecule has 0 saturated carbocycles. The van der Waals surface area contributed by atoms with E-state index in [9.17, 15) is 0 Å². The molecule has 1 unspecified atom stereocenters. The van der Waals surface area contributed by atoms with E-state index in [-0.39, 0.29) is 0 Å². The molecule has 0 radical (unpaired) electrons. The molecule has 0 aromatic heterocycles. The maximum Gasteiger partial charge on any atom is 0.0590 e. The lowest BCUT2D eigenvalue weighted by atomic mass is 9.96. The molecule has 0 spiro atoms. The van der Waals surface area contributed by atoms with Crippen LogP contribution in [-0.4, -0.2) is 26.3 Å². The first-order chi connectivity index (χ1) is 12.4. The van der Waals surface area contributed by atoms with E-state index in [0.717, 1.165) is 26.3 Å². The summed E-state index contributed by atoms with van der Waals surface area (Å²) in [4.78, 5) is 0. The van der Waals surface area contributed by atoms with Gasteiger partial charge >= 0.3 is 0 Å². The fraction of sp³-hybridized carbons (Fsp3) is 0.739. The van der Waals surface area contributed by atoms with Gasteiger partial charge in [0.2, 0.25) is 0 Å². The van der Waals surface area contributed by atoms with Crippen LogP contribution in [0.15, 0.2) is 30.3 Å². The molecule has 2 heteroatoms. The summed E-state index contributed by atoms with van der Waals surface area (Å²) in [7, 11) is 0. The topological polar surface area (TPSA) is 21.3 Å². The molecule has 0 aliphatic heterocycles. The van der Waals surface area contributed by atoms with Crippen LogP contribution in [-0.2, 0) is 4.74 Å². The van der Waals surface area contributed by atoms with Gasteiger partial charge in [0.15, 0.2) is 0 Å². The first-order valence-corrected chi connectivity index (χ1v) is 10.7. The van der Waals surface area contributed by atoms with Crippen LogP contribution in [0.1, 0.15) is 89.5 Å². The van der Waals surface area contributed by atoms with Crippen molar-refractivity contribution in [3.63, 3.8) is 0 Å². The van der Waals surface area contributed by atoms with Crippen LogP contribution in [0.4, 0.5) is 0 Å².